The van der Waals surface area contributed by atoms with E-state index in [4.69, 9.17) is 4.74 Å². The van der Waals surface area contributed by atoms with Gasteiger partial charge >= 0.3 is 0 Å². The standard InChI is InChI=1S/C12H15FO/c1-9-11(13)6-3-7-12(9)14-8-10-4-2-5-10/h3,6-7,10H,2,4-5,8H2,1H3. The van der Waals surface area contributed by atoms with Gasteiger partial charge in [0.15, 0.2) is 0 Å². The Balaban J connectivity index is 1.97. The zero-order valence-electron chi connectivity index (χ0n) is 8.42. The summed E-state index contributed by atoms with van der Waals surface area (Å²) >= 11 is 0. The van der Waals surface area contributed by atoms with Gasteiger partial charge in [-0.25, -0.2) is 4.39 Å². The van der Waals surface area contributed by atoms with E-state index in [0.29, 0.717) is 17.2 Å². The van der Waals surface area contributed by atoms with Crippen LogP contribution in [0, 0.1) is 18.7 Å². The lowest BCUT2D eigenvalue weighted by Gasteiger charge is -2.25. The summed E-state index contributed by atoms with van der Waals surface area (Å²) in [4.78, 5) is 0. The van der Waals surface area contributed by atoms with Crippen LogP contribution < -0.4 is 4.74 Å². The van der Waals surface area contributed by atoms with Crippen molar-refractivity contribution in [3.8, 4) is 5.75 Å². The molecule has 0 aromatic heterocycles. The number of benzene rings is 1. The third kappa shape index (κ3) is 1.89. The van der Waals surface area contributed by atoms with Crippen LogP contribution in [0.15, 0.2) is 18.2 Å². The molecule has 0 atom stereocenters. The first-order chi connectivity index (χ1) is 6.77. The van der Waals surface area contributed by atoms with Crippen molar-refractivity contribution in [2.45, 2.75) is 26.2 Å². The molecule has 0 radical (unpaired) electrons. The second-order valence-corrected chi connectivity index (χ2v) is 3.97. The highest BCUT2D eigenvalue weighted by atomic mass is 19.1. The minimum absolute atomic E-state index is 0.184. The van der Waals surface area contributed by atoms with Crippen molar-refractivity contribution in [2.75, 3.05) is 6.61 Å². The van der Waals surface area contributed by atoms with Gasteiger partial charge in [0.1, 0.15) is 11.6 Å². The van der Waals surface area contributed by atoms with E-state index in [1.165, 1.54) is 25.3 Å². The number of hydrogen-bond donors (Lipinski definition) is 0. The lowest BCUT2D eigenvalue weighted by molar-refractivity contribution is 0.179. The maximum atomic E-state index is 13.1. The Morgan fingerprint density at radius 2 is 2.21 bits per heavy atom. The Labute approximate surface area is 83.9 Å². The van der Waals surface area contributed by atoms with E-state index < -0.39 is 0 Å². The summed E-state index contributed by atoms with van der Waals surface area (Å²) in [6, 6.07) is 4.99. The molecule has 1 saturated carbocycles. The number of hydrogen-bond acceptors (Lipinski definition) is 1. The topological polar surface area (TPSA) is 9.23 Å². The molecule has 2 rings (SSSR count). The predicted octanol–water partition coefficient (Wildman–Crippen LogP) is 3.31. The maximum Gasteiger partial charge on any atom is 0.129 e. The van der Waals surface area contributed by atoms with Crippen molar-refractivity contribution in [1.82, 2.24) is 0 Å². The lowest BCUT2D eigenvalue weighted by Crippen LogP contribution is -2.19. The fourth-order valence-electron chi connectivity index (χ4n) is 1.61. The Morgan fingerprint density at radius 1 is 1.43 bits per heavy atom. The van der Waals surface area contributed by atoms with Gasteiger partial charge in [0.2, 0.25) is 0 Å². The van der Waals surface area contributed by atoms with Gasteiger partial charge in [0.05, 0.1) is 6.61 Å². The Kier molecular flexibility index (Phi) is 2.71. The largest absolute Gasteiger partial charge is 0.493 e. The first kappa shape index (κ1) is 9.50. The van der Waals surface area contributed by atoms with E-state index in [9.17, 15) is 4.39 Å². The molecule has 0 N–H and O–H groups in total. The number of halogens is 1. The second-order valence-electron chi connectivity index (χ2n) is 3.97. The fraction of sp³-hybridized carbons (Fsp3) is 0.500. The molecule has 0 aliphatic heterocycles. The zero-order chi connectivity index (χ0) is 9.97. The third-order valence-electron chi connectivity index (χ3n) is 2.92. The molecule has 2 heteroatoms. The first-order valence-electron chi connectivity index (χ1n) is 5.15. The van der Waals surface area contributed by atoms with Crippen LogP contribution in [0.2, 0.25) is 0 Å². The minimum Gasteiger partial charge on any atom is -0.493 e. The van der Waals surface area contributed by atoms with Gasteiger partial charge in [-0.3, -0.25) is 0 Å². The Hall–Kier alpha value is -1.05. The van der Waals surface area contributed by atoms with Crippen molar-refractivity contribution in [3.05, 3.63) is 29.6 Å². The summed E-state index contributed by atoms with van der Waals surface area (Å²) in [5.41, 5.74) is 0.617. The first-order valence-corrected chi connectivity index (χ1v) is 5.15. The Bertz CT molecular complexity index is 318. The van der Waals surface area contributed by atoms with Gasteiger partial charge in [-0.2, -0.15) is 0 Å². The van der Waals surface area contributed by atoms with E-state index in [-0.39, 0.29) is 5.82 Å². The van der Waals surface area contributed by atoms with Crippen molar-refractivity contribution < 1.29 is 9.13 Å². The molecule has 0 heterocycles. The Morgan fingerprint density at radius 3 is 2.86 bits per heavy atom. The molecule has 1 nitrogen and oxygen atoms in total. The van der Waals surface area contributed by atoms with Crippen molar-refractivity contribution in [2.24, 2.45) is 5.92 Å². The molecule has 1 aromatic rings. The van der Waals surface area contributed by atoms with Gasteiger partial charge in [-0.05, 0) is 37.8 Å². The lowest BCUT2D eigenvalue weighted by atomic mass is 9.86. The van der Waals surface area contributed by atoms with E-state index in [1.54, 1.807) is 13.0 Å². The zero-order valence-corrected chi connectivity index (χ0v) is 8.42. The molecular formula is C12H15FO. The summed E-state index contributed by atoms with van der Waals surface area (Å²) in [6.45, 7) is 2.50. The average Bonchev–Trinajstić information content (AvgIpc) is 2.09. The molecule has 1 aromatic carbocycles. The molecule has 0 unspecified atom stereocenters. The molecule has 1 aliphatic carbocycles. The van der Waals surface area contributed by atoms with Crippen molar-refractivity contribution in [1.29, 1.82) is 0 Å². The molecule has 0 spiro atoms. The van der Waals surface area contributed by atoms with E-state index in [0.717, 1.165) is 6.61 Å². The van der Waals surface area contributed by atoms with Crippen LogP contribution in [0.4, 0.5) is 4.39 Å². The number of rotatable bonds is 3. The molecule has 1 fully saturated rings. The molecular weight excluding hydrogens is 179 g/mol. The van der Waals surface area contributed by atoms with Gasteiger partial charge < -0.3 is 4.74 Å². The third-order valence-corrected chi connectivity index (χ3v) is 2.92. The van der Waals surface area contributed by atoms with Crippen LogP contribution in [0.3, 0.4) is 0 Å². The molecule has 0 saturated heterocycles. The SMILES string of the molecule is Cc1c(F)cccc1OCC1CCC1. The highest BCUT2D eigenvalue weighted by molar-refractivity contribution is 5.33. The van der Waals surface area contributed by atoms with Crippen molar-refractivity contribution in [3.63, 3.8) is 0 Å². The van der Waals surface area contributed by atoms with Crippen LogP contribution in [0.25, 0.3) is 0 Å². The minimum atomic E-state index is -0.184. The highest BCUT2D eigenvalue weighted by Crippen LogP contribution is 2.28. The van der Waals surface area contributed by atoms with Crippen LogP contribution in [-0.4, -0.2) is 6.61 Å². The average molecular weight is 194 g/mol. The van der Waals surface area contributed by atoms with E-state index >= 15 is 0 Å². The summed E-state index contributed by atoms with van der Waals surface area (Å²) in [6.07, 6.45) is 3.83. The maximum absolute atomic E-state index is 13.1. The monoisotopic (exact) mass is 194 g/mol. The van der Waals surface area contributed by atoms with Gasteiger partial charge in [-0.1, -0.05) is 12.5 Å². The molecule has 14 heavy (non-hydrogen) atoms. The molecule has 0 bridgehead atoms. The van der Waals surface area contributed by atoms with E-state index in [1.807, 2.05) is 6.07 Å². The second kappa shape index (κ2) is 3.99. The van der Waals surface area contributed by atoms with Crippen molar-refractivity contribution >= 4 is 0 Å². The van der Waals surface area contributed by atoms with Gasteiger partial charge in [-0.15, -0.1) is 0 Å². The smallest absolute Gasteiger partial charge is 0.129 e. The van der Waals surface area contributed by atoms with Gasteiger partial charge in [0.25, 0.3) is 0 Å². The summed E-state index contributed by atoms with van der Waals surface area (Å²) in [7, 11) is 0. The molecule has 0 amide bonds. The van der Waals surface area contributed by atoms with Crippen LogP contribution >= 0.6 is 0 Å². The van der Waals surface area contributed by atoms with Crippen LogP contribution in [0.1, 0.15) is 24.8 Å². The van der Waals surface area contributed by atoms with Crippen LogP contribution in [0.5, 0.6) is 5.75 Å². The van der Waals surface area contributed by atoms with E-state index in [2.05, 4.69) is 0 Å². The highest BCUT2D eigenvalue weighted by Gasteiger charge is 2.18. The predicted molar refractivity (Wildman–Crippen MR) is 54.0 cm³/mol. The normalized spacial score (nSPS) is 16.4. The van der Waals surface area contributed by atoms with Crippen LogP contribution in [-0.2, 0) is 0 Å². The van der Waals surface area contributed by atoms with Gasteiger partial charge in [0, 0.05) is 5.56 Å². The summed E-state index contributed by atoms with van der Waals surface area (Å²) in [5, 5.41) is 0. The molecule has 76 valence electrons. The number of ether oxygens (including phenoxy) is 1. The molecule has 1 aliphatic rings. The quantitative estimate of drug-likeness (QED) is 0.717. The summed E-state index contributed by atoms with van der Waals surface area (Å²) in [5.74, 6) is 1.20. The summed E-state index contributed by atoms with van der Waals surface area (Å²) < 4.78 is 18.7. The fourth-order valence-corrected chi connectivity index (χ4v) is 1.61.